The van der Waals surface area contributed by atoms with Crippen LogP contribution in [-0.2, 0) is 12.6 Å². The molecule has 2 rings (SSSR count). The zero-order chi connectivity index (χ0) is 15.5. The smallest absolute Gasteiger partial charge is 0.294 e. The molecule has 110 valence electrons. The highest BCUT2D eigenvalue weighted by molar-refractivity contribution is 5.96. The molecule has 0 aliphatic heterocycles. The second-order valence-corrected chi connectivity index (χ2v) is 4.44. The van der Waals surface area contributed by atoms with Gasteiger partial charge in [-0.15, -0.1) is 0 Å². The summed E-state index contributed by atoms with van der Waals surface area (Å²) in [6, 6.07) is 7.45. The van der Waals surface area contributed by atoms with Crippen LogP contribution in [0.4, 0.5) is 17.6 Å². The molecule has 0 atom stereocenters. The fourth-order valence-corrected chi connectivity index (χ4v) is 1.85. The SMILES string of the molecule is O=C(CCc1ccccn1)c1ccc(C(F)(F)F)c(F)c1. The summed E-state index contributed by atoms with van der Waals surface area (Å²) in [5.41, 5.74) is -0.751. The van der Waals surface area contributed by atoms with Gasteiger partial charge in [0.1, 0.15) is 5.82 Å². The van der Waals surface area contributed by atoms with E-state index in [1.54, 1.807) is 24.4 Å². The maximum Gasteiger partial charge on any atom is 0.419 e. The number of carbonyl (C=O) groups is 1. The minimum Gasteiger partial charge on any atom is -0.294 e. The van der Waals surface area contributed by atoms with Crippen molar-refractivity contribution in [3.05, 3.63) is 65.2 Å². The van der Waals surface area contributed by atoms with Crippen LogP contribution in [0.3, 0.4) is 0 Å². The molecule has 0 saturated carbocycles. The van der Waals surface area contributed by atoms with Gasteiger partial charge in [0.05, 0.1) is 5.56 Å². The number of nitrogens with zero attached hydrogens (tertiary/aromatic N) is 1. The summed E-state index contributed by atoms with van der Waals surface area (Å²) >= 11 is 0. The summed E-state index contributed by atoms with van der Waals surface area (Å²) in [7, 11) is 0. The number of hydrogen-bond acceptors (Lipinski definition) is 2. The van der Waals surface area contributed by atoms with Gasteiger partial charge in [0, 0.05) is 23.9 Å². The summed E-state index contributed by atoms with van der Waals surface area (Å²) in [6.45, 7) is 0. The van der Waals surface area contributed by atoms with Crippen molar-refractivity contribution in [1.82, 2.24) is 4.98 Å². The predicted molar refractivity (Wildman–Crippen MR) is 68.3 cm³/mol. The number of aromatic nitrogens is 1. The largest absolute Gasteiger partial charge is 0.419 e. The lowest BCUT2D eigenvalue weighted by atomic mass is 10.0. The highest BCUT2D eigenvalue weighted by Crippen LogP contribution is 2.31. The van der Waals surface area contributed by atoms with E-state index in [0.717, 1.165) is 6.07 Å². The number of ketones is 1. The molecular weight excluding hydrogens is 286 g/mol. The second-order valence-electron chi connectivity index (χ2n) is 4.44. The van der Waals surface area contributed by atoms with E-state index in [9.17, 15) is 22.4 Å². The van der Waals surface area contributed by atoms with E-state index in [1.807, 2.05) is 0 Å². The summed E-state index contributed by atoms with van der Waals surface area (Å²) in [6.07, 6.45) is -2.78. The molecule has 1 aromatic heterocycles. The number of hydrogen-bond donors (Lipinski definition) is 0. The first kappa shape index (κ1) is 15.2. The molecule has 0 aliphatic carbocycles. The van der Waals surface area contributed by atoms with Crippen molar-refractivity contribution in [2.45, 2.75) is 19.0 Å². The highest BCUT2D eigenvalue weighted by atomic mass is 19.4. The second kappa shape index (κ2) is 6.03. The first-order valence-electron chi connectivity index (χ1n) is 6.18. The number of carbonyl (C=O) groups excluding carboxylic acids is 1. The number of pyridine rings is 1. The van der Waals surface area contributed by atoms with Gasteiger partial charge < -0.3 is 0 Å². The molecule has 0 spiro atoms. The Labute approximate surface area is 118 Å². The first-order chi connectivity index (χ1) is 9.88. The molecule has 1 heterocycles. The van der Waals surface area contributed by atoms with Crippen molar-refractivity contribution in [3.63, 3.8) is 0 Å². The van der Waals surface area contributed by atoms with Crippen LogP contribution in [0.15, 0.2) is 42.6 Å². The van der Waals surface area contributed by atoms with E-state index in [-0.39, 0.29) is 12.0 Å². The molecule has 0 aliphatic rings. The Hall–Kier alpha value is -2.24. The molecule has 21 heavy (non-hydrogen) atoms. The summed E-state index contributed by atoms with van der Waals surface area (Å²) in [5, 5.41) is 0. The lowest BCUT2D eigenvalue weighted by molar-refractivity contribution is -0.140. The molecule has 6 heteroatoms. The van der Waals surface area contributed by atoms with Crippen LogP contribution in [0.2, 0.25) is 0 Å². The summed E-state index contributed by atoms with van der Waals surface area (Å²) in [4.78, 5) is 15.9. The van der Waals surface area contributed by atoms with Crippen LogP contribution < -0.4 is 0 Å². The molecule has 1 aromatic carbocycles. The van der Waals surface area contributed by atoms with Gasteiger partial charge in [-0.1, -0.05) is 12.1 Å². The normalized spacial score (nSPS) is 11.4. The monoisotopic (exact) mass is 297 g/mol. The van der Waals surface area contributed by atoms with Gasteiger partial charge in [-0.3, -0.25) is 9.78 Å². The topological polar surface area (TPSA) is 30.0 Å². The third kappa shape index (κ3) is 3.87. The molecule has 0 amide bonds. The fraction of sp³-hybridized carbons (Fsp3) is 0.200. The van der Waals surface area contributed by atoms with Gasteiger partial charge >= 0.3 is 6.18 Å². The van der Waals surface area contributed by atoms with E-state index in [1.165, 1.54) is 0 Å². The third-order valence-electron chi connectivity index (χ3n) is 2.93. The maximum atomic E-state index is 13.4. The quantitative estimate of drug-likeness (QED) is 0.629. The van der Waals surface area contributed by atoms with Gasteiger partial charge in [-0.05, 0) is 30.7 Å². The predicted octanol–water partition coefficient (Wildman–Crippen LogP) is 4.06. The average molecular weight is 297 g/mol. The van der Waals surface area contributed by atoms with Crippen molar-refractivity contribution in [3.8, 4) is 0 Å². The van der Waals surface area contributed by atoms with Crippen LogP contribution in [-0.4, -0.2) is 10.8 Å². The molecular formula is C15H11F4NO. The number of Topliss-reactive ketones (excluding diaryl/α,β-unsaturated/α-hetero) is 1. The molecule has 2 nitrogen and oxygen atoms in total. The first-order valence-corrected chi connectivity index (χ1v) is 6.18. The van der Waals surface area contributed by atoms with Crippen LogP contribution in [0, 0.1) is 5.82 Å². The minimum absolute atomic E-state index is 0.0574. The molecule has 0 unspecified atom stereocenters. The van der Waals surface area contributed by atoms with E-state index in [2.05, 4.69) is 4.98 Å². The standard InChI is InChI=1S/C15H11F4NO/c16-13-9-10(4-6-12(13)15(17,18)19)14(21)7-5-11-3-1-2-8-20-11/h1-4,6,8-9H,5,7H2. The average Bonchev–Trinajstić information content (AvgIpc) is 2.44. The lowest BCUT2D eigenvalue weighted by Gasteiger charge is -2.09. The maximum absolute atomic E-state index is 13.4. The number of benzene rings is 1. The van der Waals surface area contributed by atoms with Crippen LogP contribution in [0.1, 0.15) is 28.0 Å². The Kier molecular flexibility index (Phi) is 4.35. The Morgan fingerprint density at radius 2 is 1.90 bits per heavy atom. The van der Waals surface area contributed by atoms with Gasteiger partial charge in [0.15, 0.2) is 5.78 Å². The zero-order valence-corrected chi connectivity index (χ0v) is 10.8. The van der Waals surface area contributed by atoms with Gasteiger partial charge in [0.25, 0.3) is 0 Å². The fourth-order valence-electron chi connectivity index (χ4n) is 1.85. The Morgan fingerprint density at radius 1 is 1.14 bits per heavy atom. The molecule has 0 radical (unpaired) electrons. The number of alkyl halides is 3. The molecule has 0 fully saturated rings. The van der Waals surface area contributed by atoms with Crippen molar-refractivity contribution in [2.75, 3.05) is 0 Å². The zero-order valence-electron chi connectivity index (χ0n) is 10.8. The highest BCUT2D eigenvalue weighted by Gasteiger charge is 2.34. The van der Waals surface area contributed by atoms with Crippen LogP contribution in [0.5, 0.6) is 0 Å². The minimum atomic E-state index is -4.76. The third-order valence-corrected chi connectivity index (χ3v) is 2.93. The number of aryl methyl sites for hydroxylation is 1. The Balaban J connectivity index is 2.08. The summed E-state index contributed by atoms with van der Waals surface area (Å²) in [5.74, 6) is -1.86. The van der Waals surface area contributed by atoms with Crippen molar-refractivity contribution >= 4 is 5.78 Å². The number of halogens is 4. The van der Waals surface area contributed by atoms with Crippen molar-refractivity contribution < 1.29 is 22.4 Å². The van der Waals surface area contributed by atoms with E-state index in [4.69, 9.17) is 0 Å². The van der Waals surface area contributed by atoms with E-state index < -0.39 is 23.3 Å². The molecule has 0 bridgehead atoms. The van der Waals surface area contributed by atoms with Crippen molar-refractivity contribution in [2.24, 2.45) is 0 Å². The molecule has 0 N–H and O–H groups in total. The summed E-state index contributed by atoms with van der Waals surface area (Å²) < 4.78 is 50.6. The van der Waals surface area contributed by atoms with E-state index >= 15 is 0 Å². The molecule has 2 aromatic rings. The lowest BCUT2D eigenvalue weighted by Crippen LogP contribution is -2.10. The Bertz CT molecular complexity index is 638. The molecule has 0 saturated heterocycles. The van der Waals surface area contributed by atoms with Crippen molar-refractivity contribution in [1.29, 1.82) is 0 Å². The van der Waals surface area contributed by atoms with Gasteiger partial charge in [-0.2, -0.15) is 13.2 Å². The van der Waals surface area contributed by atoms with Gasteiger partial charge in [0.2, 0.25) is 0 Å². The Morgan fingerprint density at radius 3 is 2.48 bits per heavy atom. The van der Waals surface area contributed by atoms with Crippen LogP contribution in [0.25, 0.3) is 0 Å². The van der Waals surface area contributed by atoms with Crippen LogP contribution >= 0.6 is 0 Å². The number of rotatable bonds is 4. The van der Waals surface area contributed by atoms with E-state index in [0.29, 0.717) is 24.2 Å². The van der Waals surface area contributed by atoms with Gasteiger partial charge in [-0.25, -0.2) is 4.39 Å².